The Balaban J connectivity index is 2.84. The van der Waals surface area contributed by atoms with Crippen LogP contribution in [0.3, 0.4) is 0 Å². The van der Waals surface area contributed by atoms with Crippen LogP contribution in [0.4, 0.5) is 0 Å². The zero-order chi connectivity index (χ0) is 9.84. The molecule has 0 saturated carbocycles. The van der Waals surface area contributed by atoms with Crippen molar-refractivity contribution in [2.75, 3.05) is 0 Å². The standard InChI is InChI=1S/C9H13NO2S/c1-3-4-5-7-8(9(11)12)13-6(2)10-7/h3-5H2,1-2H3,(H,11,12). The average Bonchev–Trinajstić information content (AvgIpc) is 2.43. The van der Waals surface area contributed by atoms with Crippen molar-refractivity contribution in [2.45, 2.75) is 33.1 Å². The molecule has 1 heterocycles. The van der Waals surface area contributed by atoms with E-state index in [0.717, 1.165) is 30.0 Å². The fourth-order valence-corrected chi connectivity index (χ4v) is 1.96. The van der Waals surface area contributed by atoms with Gasteiger partial charge in [-0.1, -0.05) is 13.3 Å². The van der Waals surface area contributed by atoms with Crippen LogP contribution in [0, 0.1) is 6.92 Å². The van der Waals surface area contributed by atoms with Gasteiger partial charge in [-0.25, -0.2) is 9.78 Å². The molecule has 0 unspecified atom stereocenters. The molecule has 0 aliphatic rings. The Kier molecular flexibility index (Phi) is 3.42. The number of nitrogens with zero attached hydrogens (tertiary/aromatic N) is 1. The molecule has 1 rings (SSSR count). The number of hydrogen-bond acceptors (Lipinski definition) is 3. The van der Waals surface area contributed by atoms with Gasteiger partial charge in [0, 0.05) is 0 Å². The molecule has 1 N–H and O–H groups in total. The van der Waals surface area contributed by atoms with Gasteiger partial charge in [-0.3, -0.25) is 0 Å². The van der Waals surface area contributed by atoms with E-state index in [2.05, 4.69) is 11.9 Å². The summed E-state index contributed by atoms with van der Waals surface area (Å²) in [5.41, 5.74) is 0.747. The molecule has 0 spiro atoms. The van der Waals surface area contributed by atoms with Gasteiger partial charge in [0.15, 0.2) is 0 Å². The summed E-state index contributed by atoms with van der Waals surface area (Å²) in [6.07, 6.45) is 2.85. The van der Waals surface area contributed by atoms with Crippen molar-refractivity contribution in [2.24, 2.45) is 0 Å². The first-order valence-corrected chi connectivity index (χ1v) is 5.16. The minimum absolute atomic E-state index is 0.408. The lowest BCUT2D eigenvalue weighted by Gasteiger charge is -1.95. The molecule has 4 heteroatoms. The van der Waals surface area contributed by atoms with Gasteiger partial charge in [-0.05, 0) is 19.8 Å². The summed E-state index contributed by atoms with van der Waals surface area (Å²) in [5.74, 6) is -0.850. The number of rotatable bonds is 4. The number of carboxylic acids is 1. The van der Waals surface area contributed by atoms with E-state index >= 15 is 0 Å². The Hall–Kier alpha value is -0.900. The highest BCUT2D eigenvalue weighted by molar-refractivity contribution is 7.13. The van der Waals surface area contributed by atoms with Crippen LogP contribution in [-0.2, 0) is 6.42 Å². The highest BCUT2D eigenvalue weighted by atomic mass is 32.1. The Morgan fingerprint density at radius 3 is 2.85 bits per heavy atom. The third-order valence-electron chi connectivity index (χ3n) is 1.77. The van der Waals surface area contributed by atoms with Crippen molar-refractivity contribution in [1.82, 2.24) is 4.98 Å². The van der Waals surface area contributed by atoms with E-state index in [1.54, 1.807) is 0 Å². The molecule has 0 atom stereocenters. The molecule has 1 aromatic rings. The molecule has 0 aliphatic heterocycles. The van der Waals surface area contributed by atoms with Crippen LogP contribution in [-0.4, -0.2) is 16.1 Å². The van der Waals surface area contributed by atoms with Gasteiger partial charge >= 0.3 is 5.97 Å². The SMILES string of the molecule is CCCCc1nc(C)sc1C(=O)O. The fraction of sp³-hybridized carbons (Fsp3) is 0.556. The van der Waals surface area contributed by atoms with Crippen LogP contribution in [0.15, 0.2) is 0 Å². The number of aromatic carboxylic acids is 1. The molecular weight excluding hydrogens is 186 g/mol. The predicted octanol–water partition coefficient (Wildman–Crippen LogP) is 2.49. The number of thiazole rings is 1. The molecule has 0 aliphatic carbocycles. The summed E-state index contributed by atoms with van der Waals surface area (Å²) in [5, 5.41) is 9.69. The Morgan fingerprint density at radius 1 is 1.62 bits per heavy atom. The monoisotopic (exact) mass is 199 g/mol. The van der Waals surface area contributed by atoms with Crippen LogP contribution in [0.1, 0.15) is 40.1 Å². The molecule has 0 amide bonds. The lowest BCUT2D eigenvalue weighted by atomic mass is 10.2. The summed E-state index contributed by atoms with van der Waals surface area (Å²) in [6.45, 7) is 3.92. The maximum Gasteiger partial charge on any atom is 0.347 e. The van der Waals surface area contributed by atoms with Crippen molar-refractivity contribution in [3.8, 4) is 0 Å². The van der Waals surface area contributed by atoms with Crippen LogP contribution in [0.2, 0.25) is 0 Å². The van der Waals surface area contributed by atoms with Crippen molar-refractivity contribution in [3.63, 3.8) is 0 Å². The number of carbonyl (C=O) groups is 1. The number of hydrogen-bond donors (Lipinski definition) is 1. The van der Waals surface area contributed by atoms with Gasteiger partial charge in [-0.15, -0.1) is 11.3 Å². The molecule has 72 valence electrons. The number of carboxylic acid groups (broad SMARTS) is 1. The molecule has 13 heavy (non-hydrogen) atoms. The summed E-state index contributed by atoms with van der Waals surface area (Å²) in [6, 6.07) is 0. The first-order valence-electron chi connectivity index (χ1n) is 4.34. The molecule has 0 bridgehead atoms. The second-order valence-corrected chi connectivity index (χ2v) is 4.12. The maximum absolute atomic E-state index is 10.8. The Morgan fingerprint density at radius 2 is 2.31 bits per heavy atom. The summed E-state index contributed by atoms with van der Waals surface area (Å²) in [4.78, 5) is 15.4. The molecule has 0 aromatic carbocycles. The first kappa shape index (κ1) is 10.2. The van der Waals surface area contributed by atoms with Gasteiger partial charge in [0.1, 0.15) is 4.88 Å². The number of aromatic nitrogens is 1. The van der Waals surface area contributed by atoms with E-state index in [9.17, 15) is 4.79 Å². The van der Waals surface area contributed by atoms with E-state index in [-0.39, 0.29) is 0 Å². The third-order valence-corrected chi connectivity index (χ3v) is 2.77. The van der Waals surface area contributed by atoms with Gasteiger partial charge in [0.2, 0.25) is 0 Å². The van der Waals surface area contributed by atoms with Crippen LogP contribution in [0.5, 0.6) is 0 Å². The highest BCUT2D eigenvalue weighted by Gasteiger charge is 2.14. The van der Waals surface area contributed by atoms with Gasteiger partial charge in [0.25, 0.3) is 0 Å². The number of unbranched alkanes of at least 4 members (excludes halogenated alkanes) is 1. The number of aryl methyl sites for hydroxylation is 2. The van der Waals surface area contributed by atoms with Crippen molar-refractivity contribution in [1.29, 1.82) is 0 Å². The minimum atomic E-state index is -0.850. The molecule has 0 fully saturated rings. The fourth-order valence-electron chi connectivity index (χ4n) is 1.15. The summed E-state index contributed by atoms with van der Waals surface area (Å²) < 4.78 is 0. The molecule has 1 aromatic heterocycles. The average molecular weight is 199 g/mol. The quantitative estimate of drug-likeness (QED) is 0.810. The molecule has 3 nitrogen and oxygen atoms in total. The second-order valence-electron chi connectivity index (χ2n) is 2.92. The van der Waals surface area contributed by atoms with Crippen LogP contribution < -0.4 is 0 Å². The van der Waals surface area contributed by atoms with Crippen molar-refractivity contribution >= 4 is 17.3 Å². The van der Waals surface area contributed by atoms with Crippen LogP contribution >= 0.6 is 11.3 Å². The second kappa shape index (κ2) is 4.37. The summed E-state index contributed by atoms with van der Waals surface area (Å²) >= 11 is 1.26. The largest absolute Gasteiger partial charge is 0.477 e. The zero-order valence-electron chi connectivity index (χ0n) is 7.83. The van der Waals surface area contributed by atoms with Crippen LogP contribution in [0.25, 0.3) is 0 Å². The zero-order valence-corrected chi connectivity index (χ0v) is 8.65. The lowest BCUT2D eigenvalue weighted by molar-refractivity contribution is 0.0700. The molecule has 0 radical (unpaired) electrons. The van der Waals surface area contributed by atoms with Gasteiger partial charge in [0.05, 0.1) is 10.7 Å². The van der Waals surface area contributed by atoms with E-state index in [4.69, 9.17) is 5.11 Å². The Bertz CT molecular complexity index is 307. The summed E-state index contributed by atoms with van der Waals surface area (Å²) in [7, 11) is 0. The van der Waals surface area contributed by atoms with E-state index in [1.165, 1.54) is 11.3 Å². The smallest absolute Gasteiger partial charge is 0.347 e. The van der Waals surface area contributed by atoms with Crippen molar-refractivity contribution in [3.05, 3.63) is 15.6 Å². The molecule has 0 saturated heterocycles. The molecular formula is C9H13NO2S. The van der Waals surface area contributed by atoms with E-state index < -0.39 is 5.97 Å². The van der Waals surface area contributed by atoms with E-state index in [0.29, 0.717) is 4.88 Å². The van der Waals surface area contributed by atoms with Gasteiger partial charge < -0.3 is 5.11 Å². The van der Waals surface area contributed by atoms with Crippen molar-refractivity contribution < 1.29 is 9.90 Å². The van der Waals surface area contributed by atoms with Gasteiger partial charge in [-0.2, -0.15) is 0 Å². The van der Waals surface area contributed by atoms with E-state index in [1.807, 2.05) is 6.92 Å². The third kappa shape index (κ3) is 2.52. The highest BCUT2D eigenvalue weighted by Crippen LogP contribution is 2.19. The maximum atomic E-state index is 10.8. The lowest BCUT2D eigenvalue weighted by Crippen LogP contribution is -1.98. The predicted molar refractivity (Wildman–Crippen MR) is 52.4 cm³/mol. The minimum Gasteiger partial charge on any atom is -0.477 e. The first-order chi connectivity index (χ1) is 6.15. The topological polar surface area (TPSA) is 50.2 Å². The Labute approximate surface area is 81.4 Å². The normalized spacial score (nSPS) is 10.3.